The highest BCUT2D eigenvalue weighted by atomic mass is 16.5. The molecule has 1 aliphatic rings. The number of carbonyl (C=O) groups excluding carboxylic acids is 1. The number of ether oxygens (including phenoxy) is 1. The smallest absolute Gasteiger partial charge is 0.251 e. The first-order valence-corrected chi connectivity index (χ1v) is 6.38. The fourth-order valence-electron chi connectivity index (χ4n) is 2.23. The van der Waals surface area contributed by atoms with Gasteiger partial charge in [0.25, 0.3) is 5.91 Å². The third kappa shape index (κ3) is 2.82. The van der Waals surface area contributed by atoms with Crippen molar-refractivity contribution in [1.29, 1.82) is 0 Å². The van der Waals surface area contributed by atoms with Crippen LogP contribution in [-0.2, 0) is 4.74 Å². The van der Waals surface area contributed by atoms with Gasteiger partial charge in [0.1, 0.15) is 0 Å². The maximum absolute atomic E-state index is 11.7. The maximum Gasteiger partial charge on any atom is 0.251 e. The average molecular weight is 248 g/mol. The lowest BCUT2D eigenvalue weighted by Gasteiger charge is -2.25. The Kier molecular flexibility index (Phi) is 4.20. The van der Waals surface area contributed by atoms with Crippen LogP contribution in [0, 0.1) is 6.92 Å². The van der Waals surface area contributed by atoms with Crippen LogP contribution in [0.3, 0.4) is 0 Å². The normalized spacial score (nSPS) is 16.3. The molecule has 1 aliphatic heterocycles. The molecule has 0 saturated carbocycles. The molecule has 1 saturated heterocycles. The van der Waals surface area contributed by atoms with Crippen LogP contribution >= 0.6 is 0 Å². The molecule has 1 aromatic rings. The standard InChI is InChI=1S/C14H20N2O2/c1-10-12(14(17)15-2)4-3-5-13(10)16-11-6-8-18-9-7-11/h3-5,11,16H,6-9H2,1-2H3,(H,15,17). The van der Waals surface area contributed by atoms with Gasteiger partial charge in [0.05, 0.1) is 0 Å². The molecule has 2 rings (SSSR count). The maximum atomic E-state index is 11.7. The van der Waals surface area contributed by atoms with Crippen molar-refractivity contribution in [2.24, 2.45) is 0 Å². The number of benzene rings is 1. The zero-order valence-corrected chi connectivity index (χ0v) is 11.0. The lowest BCUT2D eigenvalue weighted by Crippen LogP contribution is -2.28. The third-order valence-electron chi connectivity index (χ3n) is 3.39. The number of carbonyl (C=O) groups is 1. The summed E-state index contributed by atoms with van der Waals surface area (Å²) < 4.78 is 5.34. The number of hydrogen-bond donors (Lipinski definition) is 2. The lowest BCUT2D eigenvalue weighted by molar-refractivity contribution is 0.0904. The molecule has 1 heterocycles. The Morgan fingerprint density at radius 2 is 2.06 bits per heavy atom. The number of anilines is 1. The largest absolute Gasteiger partial charge is 0.382 e. The highest BCUT2D eigenvalue weighted by Gasteiger charge is 2.16. The topological polar surface area (TPSA) is 50.4 Å². The first kappa shape index (κ1) is 12.9. The summed E-state index contributed by atoms with van der Waals surface area (Å²) >= 11 is 0. The van der Waals surface area contributed by atoms with Crippen molar-refractivity contribution in [3.8, 4) is 0 Å². The highest BCUT2D eigenvalue weighted by molar-refractivity contribution is 5.96. The minimum Gasteiger partial charge on any atom is -0.382 e. The van der Waals surface area contributed by atoms with E-state index >= 15 is 0 Å². The van der Waals surface area contributed by atoms with Crippen LogP contribution in [0.5, 0.6) is 0 Å². The fraction of sp³-hybridized carbons (Fsp3) is 0.500. The molecular formula is C14H20N2O2. The summed E-state index contributed by atoms with van der Waals surface area (Å²) in [6, 6.07) is 6.23. The number of rotatable bonds is 3. The Morgan fingerprint density at radius 3 is 2.72 bits per heavy atom. The van der Waals surface area contributed by atoms with Crippen LogP contribution in [0.1, 0.15) is 28.8 Å². The van der Waals surface area contributed by atoms with Crippen LogP contribution in [0.4, 0.5) is 5.69 Å². The van der Waals surface area contributed by atoms with Gasteiger partial charge in [-0.1, -0.05) is 6.07 Å². The summed E-state index contributed by atoms with van der Waals surface area (Å²) in [5.74, 6) is -0.0388. The van der Waals surface area contributed by atoms with Gasteiger partial charge in [-0.2, -0.15) is 0 Å². The van der Waals surface area contributed by atoms with Gasteiger partial charge in [-0.3, -0.25) is 4.79 Å². The summed E-state index contributed by atoms with van der Waals surface area (Å²) in [6.45, 7) is 3.60. The second kappa shape index (κ2) is 5.87. The predicted octanol–water partition coefficient (Wildman–Crippen LogP) is 1.95. The molecule has 4 heteroatoms. The van der Waals surface area contributed by atoms with Gasteiger partial charge in [-0.05, 0) is 37.5 Å². The number of amides is 1. The van der Waals surface area contributed by atoms with Crippen LogP contribution in [0.15, 0.2) is 18.2 Å². The predicted molar refractivity (Wildman–Crippen MR) is 72.0 cm³/mol. The summed E-state index contributed by atoms with van der Waals surface area (Å²) in [5, 5.41) is 6.17. The van der Waals surface area contributed by atoms with E-state index in [2.05, 4.69) is 10.6 Å². The van der Waals surface area contributed by atoms with Gasteiger partial charge in [-0.15, -0.1) is 0 Å². The van der Waals surface area contributed by atoms with Crippen molar-refractivity contribution in [3.05, 3.63) is 29.3 Å². The SMILES string of the molecule is CNC(=O)c1cccc(NC2CCOCC2)c1C. The molecule has 18 heavy (non-hydrogen) atoms. The molecule has 4 nitrogen and oxygen atoms in total. The molecule has 1 fully saturated rings. The van der Waals surface area contributed by atoms with E-state index in [-0.39, 0.29) is 5.91 Å². The molecule has 2 N–H and O–H groups in total. The molecule has 0 aliphatic carbocycles. The lowest BCUT2D eigenvalue weighted by atomic mass is 10.0. The van der Waals surface area contributed by atoms with E-state index in [1.54, 1.807) is 7.05 Å². The van der Waals surface area contributed by atoms with Gasteiger partial charge in [0, 0.05) is 37.6 Å². The van der Waals surface area contributed by atoms with Crippen LogP contribution in [0.25, 0.3) is 0 Å². The van der Waals surface area contributed by atoms with E-state index in [0.29, 0.717) is 6.04 Å². The van der Waals surface area contributed by atoms with Crippen LogP contribution < -0.4 is 10.6 Å². The zero-order valence-electron chi connectivity index (χ0n) is 11.0. The fourth-order valence-corrected chi connectivity index (χ4v) is 2.23. The second-order valence-corrected chi connectivity index (χ2v) is 4.59. The number of hydrogen-bond acceptors (Lipinski definition) is 3. The Morgan fingerprint density at radius 1 is 1.33 bits per heavy atom. The van der Waals surface area contributed by atoms with Crippen molar-refractivity contribution in [1.82, 2.24) is 5.32 Å². The Hall–Kier alpha value is -1.55. The molecule has 0 unspecified atom stereocenters. The molecule has 0 radical (unpaired) electrons. The van der Waals surface area contributed by atoms with Gasteiger partial charge >= 0.3 is 0 Å². The van der Waals surface area contributed by atoms with E-state index < -0.39 is 0 Å². The van der Waals surface area contributed by atoms with E-state index in [0.717, 1.165) is 42.9 Å². The first-order valence-electron chi connectivity index (χ1n) is 6.38. The molecule has 0 aromatic heterocycles. The molecule has 0 atom stereocenters. The number of nitrogens with one attached hydrogen (secondary N) is 2. The van der Waals surface area contributed by atoms with Gasteiger partial charge in [0.15, 0.2) is 0 Å². The van der Waals surface area contributed by atoms with Crippen molar-refractivity contribution in [2.45, 2.75) is 25.8 Å². The summed E-state index contributed by atoms with van der Waals surface area (Å²) in [7, 11) is 1.65. The average Bonchev–Trinajstić information content (AvgIpc) is 2.41. The van der Waals surface area contributed by atoms with E-state index in [4.69, 9.17) is 4.74 Å². The quantitative estimate of drug-likeness (QED) is 0.859. The van der Waals surface area contributed by atoms with Crippen LogP contribution in [0.2, 0.25) is 0 Å². The molecule has 98 valence electrons. The van der Waals surface area contributed by atoms with Crippen molar-refractivity contribution >= 4 is 11.6 Å². The Labute approximate surface area is 108 Å². The van der Waals surface area contributed by atoms with Gasteiger partial charge < -0.3 is 15.4 Å². The molecule has 1 amide bonds. The Balaban J connectivity index is 2.15. The van der Waals surface area contributed by atoms with E-state index in [1.165, 1.54) is 0 Å². The molecule has 0 bridgehead atoms. The second-order valence-electron chi connectivity index (χ2n) is 4.59. The summed E-state index contributed by atoms with van der Waals surface area (Å²) in [6.07, 6.45) is 2.04. The monoisotopic (exact) mass is 248 g/mol. The first-order chi connectivity index (χ1) is 8.72. The minimum absolute atomic E-state index is 0.0388. The summed E-state index contributed by atoms with van der Waals surface area (Å²) in [5.41, 5.74) is 2.78. The van der Waals surface area contributed by atoms with Crippen molar-refractivity contribution in [3.63, 3.8) is 0 Å². The Bertz CT molecular complexity index is 426. The molecular weight excluding hydrogens is 228 g/mol. The summed E-state index contributed by atoms with van der Waals surface area (Å²) in [4.78, 5) is 11.7. The highest BCUT2D eigenvalue weighted by Crippen LogP contribution is 2.22. The minimum atomic E-state index is -0.0388. The molecule has 1 aromatic carbocycles. The van der Waals surface area contributed by atoms with Gasteiger partial charge in [-0.25, -0.2) is 0 Å². The van der Waals surface area contributed by atoms with E-state index in [1.807, 2.05) is 25.1 Å². The van der Waals surface area contributed by atoms with Gasteiger partial charge in [0.2, 0.25) is 0 Å². The van der Waals surface area contributed by atoms with Crippen molar-refractivity contribution < 1.29 is 9.53 Å². The van der Waals surface area contributed by atoms with Crippen LogP contribution in [-0.4, -0.2) is 32.2 Å². The van der Waals surface area contributed by atoms with E-state index in [9.17, 15) is 4.79 Å². The third-order valence-corrected chi connectivity index (χ3v) is 3.39. The van der Waals surface area contributed by atoms with Crippen molar-refractivity contribution in [2.75, 3.05) is 25.6 Å². The zero-order chi connectivity index (χ0) is 13.0. The molecule has 0 spiro atoms.